The van der Waals surface area contributed by atoms with Gasteiger partial charge in [-0.2, -0.15) is 24.3 Å². The molecule has 0 saturated carbocycles. The van der Waals surface area contributed by atoms with E-state index in [9.17, 15) is 0 Å². The molecule has 0 amide bonds. The van der Waals surface area contributed by atoms with Crippen molar-refractivity contribution in [3.8, 4) is 0 Å². The third kappa shape index (κ3) is 16.4. The first kappa shape index (κ1) is 54.8. The standard InChI is InChI=1S/4C11H11.2C7H8Si.2ClH.2Hf/c4*1-8-6-10-5-3-4-9(2)11(10)7-8;2*1-8-7-5-3-2-4-6-7;;;;/h4*3-7H,1-2H3;2*2-6H,1H3;2*1H;;/q4*-1;;;;;2*+2. The molecule has 0 atom stereocenters. The van der Waals surface area contributed by atoms with Crippen LogP contribution >= 0.6 is 24.8 Å². The molecule has 0 bridgehead atoms. The quantitative estimate of drug-likeness (QED) is 0.120. The van der Waals surface area contributed by atoms with E-state index in [-0.39, 0.29) is 35.8 Å². The minimum absolute atomic E-state index is 0. The Kier molecular flexibility index (Phi) is 23.3. The van der Waals surface area contributed by atoms with Crippen molar-refractivity contribution in [2.75, 3.05) is 0 Å². The Morgan fingerprint density at radius 3 is 0.703 bits per heavy atom. The number of halogens is 2. The van der Waals surface area contributed by atoms with Crippen molar-refractivity contribution in [2.24, 2.45) is 0 Å². The molecule has 64 heavy (non-hydrogen) atoms. The average Bonchev–Trinajstić information content (AvgIpc) is 4.05. The summed E-state index contributed by atoms with van der Waals surface area (Å²) in [6, 6.07) is 65.2. The molecule has 0 nitrogen and oxygen atoms in total. The molecule has 6 heteroatoms. The van der Waals surface area contributed by atoms with Gasteiger partial charge in [0.2, 0.25) is 0 Å². The SMILES string of the molecule is C[Si](=[Hf+2])c1ccccc1.C[Si](=[Hf+2])c1ccccc1.Cc1cc2c(C)cccc2[cH-]1.Cc1cc2c(C)cccc2[cH-]1.Cc1cc2c(C)cccc2[cH-]1.Cc1cc2c(C)cccc2[cH-]1.Cl.Cl. The fraction of sp³-hybridized carbons (Fsp3) is 0.172. The van der Waals surface area contributed by atoms with Gasteiger partial charge in [0.25, 0.3) is 0 Å². The van der Waals surface area contributed by atoms with Gasteiger partial charge in [0, 0.05) is 0 Å². The van der Waals surface area contributed by atoms with Crippen LogP contribution in [0.2, 0.25) is 13.1 Å². The molecule has 0 aliphatic heterocycles. The Bertz CT molecular complexity index is 2640. The maximum absolute atomic E-state index is 2.37. The fourth-order valence-corrected chi connectivity index (χ4v) is 12.5. The van der Waals surface area contributed by atoms with Gasteiger partial charge in [-0.25, -0.2) is 0 Å². The fourth-order valence-electron chi connectivity index (χ4n) is 7.54. The van der Waals surface area contributed by atoms with E-state index in [0.717, 1.165) is 0 Å². The molecular formula is C58H62Cl2Hf2Si2. The summed E-state index contributed by atoms with van der Waals surface area (Å²) in [5, 5.41) is 14.2. The van der Waals surface area contributed by atoms with Gasteiger partial charge in [-0.3, -0.25) is 0 Å². The van der Waals surface area contributed by atoms with E-state index >= 15 is 0 Å². The summed E-state index contributed by atoms with van der Waals surface area (Å²) in [6.07, 6.45) is 0. The summed E-state index contributed by atoms with van der Waals surface area (Å²) in [6.45, 7) is 21.9. The average molecular weight is 1240 g/mol. The zero-order chi connectivity index (χ0) is 44.8. The van der Waals surface area contributed by atoms with Crippen LogP contribution in [0.25, 0.3) is 43.1 Å². The van der Waals surface area contributed by atoms with Crippen molar-refractivity contribution in [3.63, 3.8) is 0 Å². The first-order chi connectivity index (χ1) is 29.7. The van der Waals surface area contributed by atoms with Crippen LogP contribution in [0.5, 0.6) is 0 Å². The normalized spacial score (nSPS) is 9.97. The molecule has 0 radical (unpaired) electrons. The number of benzene rings is 6. The molecule has 0 aromatic heterocycles. The zero-order valence-corrected chi connectivity index (χ0v) is 50.0. The predicted octanol–water partition coefficient (Wildman–Crippen LogP) is 15.7. The van der Waals surface area contributed by atoms with Crippen LogP contribution in [0.4, 0.5) is 0 Å². The van der Waals surface area contributed by atoms with Crippen LogP contribution in [-0.4, -0.2) is 11.0 Å². The van der Waals surface area contributed by atoms with E-state index in [1.54, 1.807) is 10.4 Å². The van der Waals surface area contributed by atoms with Crippen LogP contribution in [0.15, 0.2) is 182 Å². The molecule has 10 aromatic carbocycles. The van der Waals surface area contributed by atoms with Gasteiger partial charge in [-0.15, -0.1) is 163 Å². The van der Waals surface area contributed by atoms with Gasteiger partial charge in [-0.05, 0) is 27.7 Å². The molecule has 0 N–H and O–H groups in total. The summed E-state index contributed by atoms with van der Waals surface area (Å²) in [5.74, 6) is 0. The topological polar surface area (TPSA) is 0 Å². The number of fused-ring (bicyclic) bond motifs is 4. The van der Waals surface area contributed by atoms with Gasteiger partial charge < -0.3 is 0 Å². The van der Waals surface area contributed by atoms with E-state index in [1.165, 1.54) is 134 Å². The van der Waals surface area contributed by atoms with Gasteiger partial charge in [0.05, 0.1) is 0 Å². The second kappa shape index (κ2) is 27.2. The molecule has 10 rings (SSSR count). The number of aryl methyl sites for hydroxylation is 8. The second-order valence-corrected chi connectivity index (χ2v) is 36.2. The number of hydrogen-bond acceptors (Lipinski definition) is 0. The monoisotopic (exact) mass is 1240 g/mol. The molecule has 0 unspecified atom stereocenters. The van der Waals surface area contributed by atoms with Crippen molar-refractivity contribution in [1.29, 1.82) is 0 Å². The maximum Gasteiger partial charge on any atom is -0.0488 e. The number of hydrogen-bond donors (Lipinski definition) is 0. The van der Waals surface area contributed by atoms with Crippen LogP contribution in [0.3, 0.4) is 0 Å². The second-order valence-electron chi connectivity index (χ2n) is 16.4. The smallest absolute Gasteiger partial charge is 0.0488 e. The molecular weight excluding hydrogens is 1180 g/mol. The number of rotatable bonds is 2. The molecule has 0 aliphatic carbocycles. The summed E-state index contributed by atoms with van der Waals surface area (Å²) >= 11 is 2.72. The van der Waals surface area contributed by atoms with E-state index in [2.05, 4.69) is 250 Å². The van der Waals surface area contributed by atoms with Crippen molar-refractivity contribution in [2.45, 2.75) is 68.5 Å². The van der Waals surface area contributed by atoms with E-state index in [1.807, 2.05) is 0 Å². The Morgan fingerprint density at radius 1 is 0.312 bits per heavy atom. The van der Waals surface area contributed by atoms with Crippen molar-refractivity contribution in [1.82, 2.24) is 0 Å². The van der Waals surface area contributed by atoms with Gasteiger partial charge in [-0.1, -0.05) is 74.2 Å². The Labute approximate surface area is 426 Å². The van der Waals surface area contributed by atoms with Crippen molar-refractivity contribution >= 4 is 89.3 Å². The largest absolute Gasteiger partial charge is 0.165 e. The molecule has 10 aromatic rings. The predicted molar refractivity (Wildman–Crippen MR) is 286 cm³/mol. The minimum atomic E-state index is -0.0733. The van der Waals surface area contributed by atoms with Gasteiger partial charge in [0.1, 0.15) is 0 Å². The van der Waals surface area contributed by atoms with Crippen LogP contribution in [0.1, 0.15) is 44.5 Å². The zero-order valence-electron chi connectivity index (χ0n) is 39.1. The molecule has 324 valence electrons. The summed E-state index contributed by atoms with van der Waals surface area (Å²) in [5.41, 5.74) is 10.8. The van der Waals surface area contributed by atoms with Crippen molar-refractivity contribution in [3.05, 3.63) is 226 Å². The Hall–Kier alpha value is -3.49. The van der Waals surface area contributed by atoms with Crippen LogP contribution < -0.4 is 10.4 Å². The maximum atomic E-state index is 2.37. The third-order valence-electron chi connectivity index (χ3n) is 10.9. The van der Waals surface area contributed by atoms with E-state index in [4.69, 9.17) is 0 Å². The summed E-state index contributed by atoms with van der Waals surface area (Å²) < 4.78 is 0. The molecule has 0 heterocycles. The first-order valence-electron chi connectivity index (χ1n) is 21.4. The van der Waals surface area contributed by atoms with Gasteiger partial charge in [0.15, 0.2) is 0 Å². The molecule has 0 saturated heterocycles. The third-order valence-corrected chi connectivity index (χ3v) is 19.5. The molecule has 0 fully saturated rings. The first-order valence-corrected chi connectivity index (χ1v) is 36.2. The van der Waals surface area contributed by atoms with E-state index in [0.29, 0.717) is 0 Å². The Balaban J connectivity index is 0.000000203. The molecule has 0 aliphatic rings. The summed E-state index contributed by atoms with van der Waals surface area (Å²) in [4.78, 5) is 0. The van der Waals surface area contributed by atoms with E-state index < -0.39 is 0 Å². The minimum Gasteiger partial charge on any atom is -0.165 e. The molecule has 0 spiro atoms. The van der Waals surface area contributed by atoms with Crippen LogP contribution in [-0.2, 0) is 46.0 Å². The van der Waals surface area contributed by atoms with Gasteiger partial charge >= 0.3 is 141 Å². The van der Waals surface area contributed by atoms with Crippen molar-refractivity contribution < 1.29 is 46.0 Å². The Morgan fingerprint density at radius 2 is 0.531 bits per heavy atom. The summed E-state index contributed by atoms with van der Waals surface area (Å²) in [7, 11) is 0. The van der Waals surface area contributed by atoms with Crippen LogP contribution in [0, 0.1) is 55.4 Å².